The zero-order valence-corrected chi connectivity index (χ0v) is 12.8. The Hall–Kier alpha value is -0.690. The highest BCUT2D eigenvalue weighted by Crippen LogP contribution is 2.19. The molecular formula is C13H18ClFN2O2S. The summed E-state index contributed by atoms with van der Waals surface area (Å²) in [6.45, 7) is 2.20. The molecule has 112 valence electrons. The summed E-state index contributed by atoms with van der Waals surface area (Å²) in [5.74, 6) is -0.425. The van der Waals surface area contributed by atoms with E-state index in [-0.39, 0.29) is 11.1 Å². The number of sulfonamides is 1. The summed E-state index contributed by atoms with van der Waals surface area (Å²) in [7, 11) is -3.18. The predicted octanol–water partition coefficient (Wildman–Crippen LogP) is 1.99. The van der Waals surface area contributed by atoms with Crippen molar-refractivity contribution in [3.8, 4) is 0 Å². The summed E-state index contributed by atoms with van der Waals surface area (Å²) in [5.41, 5.74) is 0.927. The number of nitrogens with zero attached hydrogens (tertiary/aromatic N) is 1. The zero-order chi connectivity index (χ0) is 14.8. The summed E-state index contributed by atoms with van der Waals surface area (Å²) in [4.78, 5) is 2.15. The lowest BCUT2D eigenvalue weighted by Crippen LogP contribution is -2.46. The Bertz CT molecular complexity index is 580. The second kappa shape index (κ2) is 6.39. The molecule has 0 bridgehead atoms. The van der Waals surface area contributed by atoms with Gasteiger partial charge in [0.1, 0.15) is 5.82 Å². The van der Waals surface area contributed by atoms with Crippen molar-refractivity contribution in [2.75, 3.05) is 19.3 Å². The Morgan fingerprint density at radius 1 is 1.50 bits per heavy atom. The summed E-state index contributed by atoms with van der Waals surface area (Å²) in [5, 5.41) is 0.116. The number of hydrogen-bond donors (Lipinski definition) is 1. The number of nitrogens with one attached hydrogen (secondary N) is 1. The first-order valence-corrected chi connectivity index (χ1v) is 8.74. The quantitative estimate of drug-likeness (QED) is 0.923. The second-order valence-corrected chi connectivity index (χ2v) is 7.40. The molecule has 1 aromatic carbocycles. The Morgan fingerprint density at radius 2 is 2.25 bits per heavy atom. The predicted molar refractivity (Wildman–Crippen MR) is 77.7 cm³/mol. The highest BCUT2D eigenvalue weighted by atomic mass is 35.5. The van der Waals surface area contributed by atoms with Crippen LogP contribution in [-0.2, 0) is 16.6 Å². The van der Waals surface area contributed by atoms with Crippen molar-refractivity contribution >= 4 is 21.6 Å². The van der Waals surface area contributed by atoms with E-state index in [0.29, 0.717) is 13.1 Å². The van der Waals surface area contributed by atoms with E-state index in [1.165, 1.54) is 12.3 Å². The van der Waals surface area contributed by atoms with E-state index >= 15 is 0 Å². The van der Waals surface area contributed by atoms with E-state index in [2.05, 4.69) is 9.62 Å². The van der Waals surface area contributed by atoms with Crippen molar-refractivity contribution in [3.05, 3.63) is 34.6 Å². The van der Waals surface area contributed by atoms with Crippen LogP contribution >= 0.6 is 11.6 Å². The molecule has 0 radical (unpaired) electrons. The molecule has 0 amide bonds. The molecule has 1 saturated heterocycles. The molecule has 1 unspecified atom stereocenters. The first kappa shape index (κ1) is 15.7. The maximum atomic E-state index is 13.1. The molecule has 0 saturated carbocycles. The van der Waals surface area contributed by atoms with Gasteiger partial charge in [-0.15, -0.1) is 0 Å². The van der Waals surface area contributed by atoms with Gasteiger partial charge in [-0.3, -0.25) is 4.90 Å². The molecule has 1 heterocycles. The minimum atomic E-state index is -3.18. The van der Waals surface area contributed by atoms with E-state index in [9.17, 15) is 12.8 Å². The van der Waals surface area contributed by atoms with Crippen molar-refractivity contribution in [1.82, 2.24) is 9.62 Å². The van der Waals surface area contributed by atoms with Gasteiger partial charge < -0.3 is 0 Å². The lowest BCUT2D eigenvalue weighted by molar-refractivity contribution is 0.194. The normalized spacial score (nSPS) is 21.1. The lowest BCUT2D eigenvalue weighted by Gasteiger charge is -2.32. The highest BCUT2D eigenvalue weighted by Gasteiger charge is 2.22. The van der Waals surface area contributed by atoms with Crippen LogP contribution in [0.1, 0.15) is 18.4 Å². The average molecular weight is 321 g/mol. The van der Waals surface area contributed by atoms with Gasteiger partial charge in [0.05, 0.1) is 11.3 Å². The van der Waals surface area contributed by atoms with Gasteiger partial charge in [0, 0.05) is 19.1 Å². The summed E-state index contributed by atoms with van der Waals surface area (Å²) < 4.78 is 38.3. The van der Waals surface area contributed by atoms with Gasteiger partial charge >= 0.3 is 0 Å². The summed E-state index contributed by atoms with van der Waals surface area (Å²) in [6, 6.07) is 4.61. The van der Waals surface area contributed by atoms with Crippen LogP contribution < -0.4 is 4.72 Å². The molecule has 2 rings (SSSR count). The number of piperidine rings is 1. The van der Waals surface area contributed by atoms with Gasteiger partial charge in [-0.1, -0.05) is 17.7 Å². The molecule has 0 spiro atoms. The Morgan fingerprint density at radius 3 is 2.90 bits per heavy atom. The van der Waals surface area contributed by atoms with Gasteiger partial charge in [-0.05, 0) is 37.1 Å². The molecule has 20 heavy (non-hydrogen) atoms. The monoisotopic (exact) mass is 320 g/mol. The molecule has 1 aromatic rings. The molecule has 0 aliphatic carbocycles. The average Bonchev–Trinajstić information content (AvgIpc) is 2.32. The molecule has 0 aromatic heterocycles. The molecule has 1 atom stereocenters. The fourth-order valence-corrected chi connectivity index (χ4v) is 3.50. The van der Waals surface area contributed by atoms with Crippen LogP contribution in [0.3, 0.4) is 0 Å². The van der Waals surface area contributed by atoms with Crippen LogP contribution in [-0.4, -0.2) is 38.7 Å². The maximum Gasteiger partial charge on any atom is 0.208 e. The smallest absolute Gasteiger partial charge is 0.208 e. The molecule has 1 fully saturated rings. The highest BCUT2D eigenvalue weighted by molar-refractivity contribution is 7.88. The number of likely N-dealkylation sites (tertiary alicyclic amines) is 1. The van der Waals surface area contributed by atoms with E-state index in [0.717, 1.165) is 24.9 Å². The van der Waals surface area contributed by atoms with Crippen LogP contribution in [0.4, 0.5) is 4.39 Å². The number of rotatable bonds is 4. The number of halogens is 2. The van der Waals surface area contributed by atoms with Gasteiger partial charge in [-0.25, -0.2) is 17.5 Å². The fraction of sp³-hybridized carbons (Fsp3) is 0.538. The molecule has 7 heteroatoms. The van der Waals surface area contributed by atoms with E-state index < -0.39 is 15.8 Å². The molecule has 4 nitrogen and oxygen atoms in total. The van der Waals surface area contributed by atoms with Gasteiger partial charge in [0.15, 0.2) is 0 Å². The van der Waals surface area contributed by atoms with Crippen molar-refractivity contribution in [2.45, 2.75) is 25.4 Å². The Kier molecular flexibility index (Phi) is 5.01. The SMILES string of the molecule is CS(=O)(=O)NC1CCCN(Cc2ccc(F)c(Cl)c2)C1. The maximum absolute atomic E-state index is 13.1. The molecular weight excluding hydrogens is 303 g/mol. The Balaban J connectivity index is 1.97. The summed E-state index contributed by atoms with van der Waals surface area (Å²) in [6.07, 6.45) is 2.95. The van der Waals surface area contributed by atoms with Gasteiger partial charge in [-0.2, -0.15) is 0 Å². The summed E-state index contributed by atoms with van der Waals surface area (Å²) >= 11 is 5.76. The minimum absolute atomic E-state index is 0.0605. The number of benzene rings is 1. The largest absolute Gasteiger partial charge is 0.298 e. The third-order valence-corrected chi connectivity index (χ3v) is 4.33. The standard InChI is InChI=1S/C13H18ClFN2O2S/c1-20(18,19)16-11-3-2-6-17(9-11)8-10-4-5-13(15)12(14)7-10/h4-5,7,11,16H,2-3,6,8-9H2,1H3. The second-order valence-electron chi connectivity index (χ2n) is 5.21. The van der Waals surface area contributed by atoms with Crippen molar-refractivity contribution in [2.24, 2.45) is 0 Å². The first-order valence-electron chi connectivity index (χ1n) is 6.47. The molecule has 1 aliphatic rings. The molecule has 1 N–H and O–H groups in total. The van der Waals surface area contributed by atoms with Crippen LogP contribution in [0.25, 0.3) is 0 Å². The Labute approximate surface area is 124 Å². The van der Waals surface area contributed by atoms with Crippen molar-refractivity contribution in [1.29, 1.82) is 0 Å². The van der Waals surface area contributed by atoms with E-state index in [4.69, 9.17) is 11.6 Å². The van der Waals surface area contributed by atoms with E-state index in [1.54, 1.807) is 12.1 Å². The number of hydrogen-bond acceptors (Lipinski definition) is 3. The first-order chi connectivity index (χ1) is 9.33. The third-order valence-electron chi connectivity index (χ3n) is 3.28. The van der Waals surface area contributed by atoms with Gasteiger partial charge in [0.25, 0.3) is 0 Å². The van der Waals surface area contributed by atoms with Crippen LogP contribution in [0.5, 0.6) is 0 Å². The minimum Gasteiger partial charge on any atom is -0.298 e. The van der Waals surface area contributed by atoms with Crippen molar-refractivity contribution in [3.63, 3.8) is 0 Å². The lowest BCUT2D eigenvalue weighted by atomic mass is 10.1. The topological polar surface area (TPSA) is 49.4 Å². The van der Waals surface area contributed by atoms with Crippen LogP contribution in [0, 0.1) is 5.82 Å². The zero-order valence-electron chi connectivity index (χ0n) is 11.3. The van der Waals surface area contributed by atoms with E-state index in [1.807, 2.05) is 0 Å². The van der Waals surface area contributed by atoms with Crippen molar-refractivity contribution < 1.29 is 12.8 Å². The molecule has 1 aliphatic heterocycles. The van der Waals surface area contributed by atoms with Gasteiger partial charge in [0.2, 0.25) is 10.0 Å². The van der Waals surface area contributed by atoms with Crippen LogP contribution in [0.15, 0.2) is 18.2 Å². The fourth-order valence-electron chi connectivity index (χ4n) is 2.49. The van der Waals surface area contributed by atoms with Crippen LogP contribution in [0.2, 0.25) is 5.02 Å². The third kappa shape index (κ3) is 4.70.